The van der Waals surface area contributed by atoms with Gasteiger partial charge in [-0.3, -0.25) is 9.59 Å². The number of carbonyl (C=O) groups is 2. The standard InChI is InChI=1S/C22H23N3O3/c1-25-15-14-23-22(25)21(17-8-10-18(28-2)11-9-17)24-20(27)13-12-19(26)16-6-4-3-5-7-16/h3-11,14-15,21H,12-13H2,1-2H3,(H,24,27). The van der Waals surface area contributed by atoms with Crippen molar-refractivity contribution in [2.45, 2.75) is 18.9 Å². The van der Waals surface area contributed by atoms with Gasteiger partial charge in [0.25, 0.3) is 0 Å². The number of hydrogen-bond donors (Lipinski definition) is 1. The number of nitrogens with one attached hydrogen (secondary N) is 1. The van der Waals surface area contributed by atoms with E-state index in [0.29, 0.717) is 11.4 Å². The smallest absolute Gasteiger partial charge is 0.221 e. The van der Waals surface area contributed by atoms with Gasteiger partial charge in [0, 0.05) is 37.8 Å². The molecule has 3 rings (SSSR count). The Kier molecular flexibility index (Phi) is 6.22. The van der Waals surface area contributed by atoms with Crippen LogP contribution in [0.15, 0.2) is 67.0 Å². The van der Waals surface area contributed by atoms with E-state index in [9.17, 15) is 9.59 Å². The number of hydrogen-bond acceptors (Lipinski definition) is 4. The molecule has 0 aliphatic carbocycles. The lowest BCUT2D eigenvalue weighted by Crippen LogP contribution is -2.31. The number of ketones is 1. The van der Waals surface area contributed by atoms with Crippen LogP contribution in [0.1, 0.15) is 40.6 Å². The second-order valence-corrected chi connectivity index (χ2v) is 6.46. The van der Waals surface area contributed by atoms with Crippen molar-refractivity contribution in [3.05, 3.63) is 83.9 Å². The van der Waals surface area contributed by atoms with Crippen molar-refractivity contribution in [1.82, 2.24) is 14.9 Å². The van der Waals surface area contributed by atoms with Crippen LogP contribution in [0.4, 0.5) is 0 Å². The molecule has 1 unspecified atom stereocenters. The van der Waals surface area contributed by atoms with Gasteiger partial charge in [-0.15, -0.1) is 0 Å². The second-order valence-electron chi connectivity index (χ2n) is 6.46. The molecule has 1 N–H and O–H groups in total. The van der Waals surface area contributed by atoms with E-state index in [2.05, 4.69) is 10.3 Å². The number of nitrogens with zero attached hydrogens (tertiary/aromatic N) is 2. The number of aryl methyl sites for hydroxylation is 1. The summed E-state index contributed by atoms with van der Waals surface area (Å²) in [7, 11) is 3.49. The fourth-order valence-corrected chi connectivity index (χ4v) is 2.98. The van der Waals surface area contributed by atoms with Crippen LogP contribution in [-0.4, -0.2) is 28.4 Å². The summed E-state index contributed by atoms with van der Waals surface area (Å²) >= 11 is 0. The van der Waals surface area contributed by atoms with Crippen LogP contribution in [0.2, 0.25) is 0 Å². The Hall–Kier alpha value is -3.41. The fourth-order valence-electron chi connectivity index (χ4n) is 2.98. The van der Waals surface area contributed by atoms with E-state index in [-0.39, 0.29) is 24.5 Å². The van der Waals surface area contributed by atoms with Gasteiger partial charge in [-0.25, -0.2) is 4.98 Å². The SMILES string of the molecule is COc1ccc(C(NC(=O)CCC(=O)c2ccccc2)c2nccn2C)cc1. The van der Waals surface area contributed by atoms with Gasteiger partial charge in [-0.2, -0.15) is 0 Å². The number of amides is 1. The molecule has 2 aromatic carbocycles. The average molecular weight is 377 g/mol. The molecule has 0 spiro atoms. The van der Waals surface area contributed by atoms with Crippen molar-refractivity contribution in [3.63, 3.8) is 0 Å². The number of benzene rings is 2. The third kappa shape index (κ3) is 4.65. The lowest BCUT2D eigenvalue weighted by Gasteiger charge is -2.19. The third-order valence-corrected chi connectivity index (χ3v) is 4.55. The van der Waals surface area contributed by atoms with Crippen molar-refractivity contribution >= 4 is 11.7 Å². The first-order chi connectivity index (χ1) is 13.6. The summed E-state index contributed by atoms with van der Waals surface area (Å²) in [6.07, 6.45) is 3.80. The van der Waals surface area contributed by atoms with E-state index in [1.165, 1.54) is 0 Å². The quantitative estimate of drug-likeness (QED) is 0.612. The highest BCUT2D eigenvalue weighted by atomic mass is 16.5. The minimum atomic E-state index is -0.412. The van der Waals surface area contributed by atoms with Gasteiger partial charge in [-0.05, 0) is 17.7 Å². The van der Waals surface area contributed by atoms with Crippen LogP contribution in [-0.2, 0) is 11.8 Å². The van der Waals surface area contributed by atoms with E-state index >= 15 is 0 Å². The van der Waals surface area contributed by atoms with Crippen LogP contribution < -0.4 is 10.1 Å². The summed E-state index contributed by atoms with van der Waals surface area (Å²) in [5.74, 6) is 1.21. The molecule has 144 valence electrons. The Morgan fingerprint density at radius 1 is 1.07 bits per heavy atom. The molecule has 28 heavy (non-hydrogen) atoms. The van der Waals surface area contributed by atoms with Gasteiger partial charge in [0.05, 0.1) is 7.11 Å². The molecule has 6 nitrogen and oxygen atoms in total. The Morgan fingerprint density at radius 3 is 2.39 bits per heavy atom. The molecule has 1 atom stereocenters. The maximum absolute atomic E-state index is 12.6. The molecule has 0 saturated heterocycles. The average Bonchev–Trinajstić information content (AvgIpc) is 3.16. The molecule has 0 fully saturated rings. The zero-order valence-corrected chi connectivity index (χ0v) is 16.0. The molecule has 3 aromatic rings. The number of rotatable bonds is 8. The summed E-state index contributed by atoms with van der Waals surface area (Å²) in [6, 6.07) is 16.1. The lowest BCUT2D eigenvalue weighted by atomic mass is 10.0. The molecular weight excluding hydrogens is 354 g/mol. The van der Waals surface area contributed by atoms with Crippen LogP contribution >= 0.6 is 0 Å². The highest BCUT2D eigenvalue weighted by molar-refractivity contribution is 5.97. The first kappa shape index (κ1) is 19.4. The molecule has 0 bridgehead atoms. The van der Waals surface area contributed by atoms with E-state index in [0.717, 1.165) is 11.3 Å². The highest BCUT2D eigenvalue weighted by Crippen LogP contribution is 2.23. The Morgan fingerprint density at radius 2 is 1.79 bits per heavy atom. The second kappa shape index (κ2) is 8.99. The van der Waals surface area contributed by atoms with Crippen molar-refractivity contribution in [2.75, 3.05) is 7.11 Å². The van der Waals surface area contributed by atoms with Gasteiger partial charge in [-0.1, -0.05) is 42.5 Å². The van der Waals surface area contributed by atoms with E-state index in [4.69, 9.17) is 4.74 Å². The number of ether oxygens (including phenoxy) is 1. The van der Waals surface area contributed by atoms with E-state index in [1.54, 1.807) is 25.4 Å². The topological polar surface area (TPSA) is 73.2 Å². The van der Waals surface area contributed by atoms with Crippen molar-refractivity contribution < 1.29 is 14.3 Å². The van der Waals surface area contributed by atoms with Crippen LogP contribution in [0.3, 0.4) is 0 Å². The van der Waals surface area contributed by atoms with Gasteiger partial charge in [0.2, 0.25) is 5.91 Å². The van der Waals surface area contributed by atoms with Gasteiger partial charge in [0.15, 0.2) is 5.78 Å². The molecule has 0 aliphatic heterocycles. The third-order valence-electron chi connectivity index (χ3n) is 4.55. The summed E-state index contributed by atoms with van der Waals surface area (Å²) in [4.78, 5) is 29.2. The first-order valence-corrected chi connectivity index (χ1v) is 9.07. The Labute approximate surface area is 164 Å². The summed E-state index contributed by atoms with van der Waals surface area (Å²) in [5.41, 5.74) is 1.50. The van der Waals surface area contributed by atoms with Crippen molar-refractivity contribution in [2.24, 2.45) is 7.05 Å². The van der Waals surface area contributed by atoms with Crippen molar-refractivity contribution in [1.29, 1.82) is 0 Å². The molecule has 6 heteroatoms. The number of imidazole rings is 1. The Balaban J connectivity index is 1.71. The maximum Gasteiger partial charge on any atom is 0.221 e. The molecular formula is C22H23N3O3. The number of methoxy groups -OCH3 is 1. The fraction of sp³-hybridized carbons (Fsp3) is 0.227. The Bertz CT molecular complexity index is 933. The molecule has 0 radical (unpaired) electrons. The first-order valence-electron chi connectivity index (χ1n) is 9.07. The zero-order valence-electron chi connectivity index (χ0n) is 16.0. The molecule has 1 aromatic heterocycles. The molecule has 1 amide bonds. The molecule has 1 heterocycles. The number of aromatic nitrogens is 2. The van der Waals surface area contributed by atoms with Crippen LogP contribution in [0.25, 0.3) is 0 Å². The van der Waals surface area contributed by atoms with E-state index < -0.39 is 6.04 Å². The molecule has 0 aliphatic rings. The van der Waals surface area contributed by atoms with Gasteiger partial charge in [0.1, 0.15) is 17.6 Å². The molecule has 0 saturated carbocycles. The predicted molar refractivity (Wildman–Crippen MR) is 106 cm³/mol. The maximum atomic E-state index is 12.6. The van der Waals surface area contributed by atoms with Crippen LogP contribution in [0, 0.1) is 0 Å². The zero-order chi connectivity index (χ0) is 19.9. The van der Waals surface area contributed by atoms with Crippen molar-refractivity contribution in [3.8, 4) is 5.75 Å². The minimum absolute atomic E-state index is 0.0475. The lowest BCUT2D eigenvalue weighted by molar-refractivity contribution is -0.121. The minimum Gasteiger partial charge on any atom is -0.497 e. The summed E-state index contributed by atoms with van der Waals surface area (Å²) in [5, 5.41) is 3.01. The monoisotopic (exact) mass is 377 g/mol. The highest BCUT2D eigenvalue weighted by Gasteiger charge is 2.21. The van der Waals surface area contributed by atoms with Gasteiger partial charge < -0.3 is 14.6 Å². The summed E-state index contributed by atoms with van der Waals surface area (Å²) in [6.45, 7) is 0. The summed E-state index contributed by atoms with van der Waals surface area (Å²) < 4.78 is 7.07. The largest absolute Gasteiger partial charge is 0.497 e. The van der Waals surface area contributed by atoms with Gasteiger partial charge >= 0.3 is 0 Å². The predicted octanol–water partition coefficient (Wildman–Crippen LogP) is 3.30. The van der Waals surface area contributed by atoms with Crippen LogP contribution in [0.5, 0.6) is 5.75 Å². The number of carbonyl (C=O) groups excluding carboxylic acids is 2. The number of Topliss-reactive ketones (excluding diaryl/α,β-unsaturated/α-hetero) is 1. The normalized spacial score (nSPS) is 11.6. The van der Waals surface area contributed by atoms with E-state index in [1.807, 2.05) is 60.3 Å².